The second kappa shape index (κ2) is 4.88. The zero-order valence-electron chi connectivity index (χ0n) is 10.4. The summed E-state index contributed by atoms with van der Waals surface area (Å²) in [7, 11) is 2.21. The average molecular weight is 213 g/mol. The molecule has 1 nitrogen and oxygen atoms in total. The quantitative estimate of drug-likeness (QED) is 0.697. The lowest BCUT2D eigenvalue weighted by molar-refractivity contribution is 0.554. The third kappa shape index (κ3) is 2.22. The summed E-state index contributed by atoms with van der Waals surface area (Å²) in [5.74, 6) is 0.699. The number of nitrogens with zero attached hydrogens (tertiary/aromatic N) is 1. The van der Waals surface area contributed by atoms with Crippen LogP contribution in [0.1, 0.15) is 36.8 Å². The third-order valence-corrected chi connectivity index (χ3v) is 3.60. The van der Waals surface area contributed by atoms with Gasteiger partial charge in [-0.15, -0.1) is 0 Å². The van der Waals surface area contributed by atoms with Crippen LogP contribution in [0, 0.1) is 0 Å². The molecular formula is C14H20BN. The highest BCUT2D eigenvalue weighted by Gasteiger charge is 2.22. The van der Waals surface area contributed by atoms with E-state index in [9.17, 15) is 0 Å². The van der Waals surface area contributed by atoms with Gasteiger partial charge in [0, 0.05) is 0 Å². The minimum atomic E-state index is 0.699. The number of hydrogen-bond acceptors (Lipinski definition) is 1. The van der Waals surface area contributed by atoms with E-state index >= 15 is 0 Å². The fourth-order valence-corrected chi connectivity index (χ4v) is 2.55. The van der Waals surface area contributed by atoms with Crippen LogP contribution in [0.4, 0.5) is 0 Å². The van der Waals surface area contributed by atoms with E-state index in [1.165, 1.54) is 36.2 Å². The van der Waals surface area contributed by atoms with Crippen LogP contribution in [-0.4, -0.2) is 25.9 Å². The molecule has 84 valence electrons. The number of benzene rings is 1. The smallest absolute Gasteiger partial charge is 0.185 e. The summed E-state index contributed by atoms with van der Waals surface area (Å²) in [6, 6.07) is 8.78. The van der Waals surface area contributed by atoms with Crippen LogP contribution < -0.4 is 0 Å². The molecule has 2 rings (SSSR count). The molecule has 0 spiro atoms. The molecule has 2 heteroatoms. The summed E-state index contributed by atoms with van der Waals surface area (Å²) in [6.07, 6.45) is 2.32. The van der Waals surface area contributed by atoms with Gasteiger partial charge in [-0.25, -0.2) is 0 Å². The molecule has 1 atom stereocenters. The van der Waals surface area contributed by atoms with Crippen LogP contribution in [0.15, 0.2) is 30.8 Å². The van der Waals surface area contributed by atoms with Gasteiger partial charge in [-0.05, 0) is 48.5 Å². The van der Waals surface area contributed by atoms with Crippen molar-refractivity contribution in [3.05, 3.63) is 42.0 Å². The summed E-state index contributed by atoms with van der Waals surface area (Å²) in [4.78, 5) is 2.41. The fraction of sp³-hybridized carbons (Fsp3) is 0.429. The largest absolute Gasteiger partial charge is 0.348 e. The Bertz CT molecular complexity index is 386. The SMILES string of the molecule is BN1CCC(c2ccccc2C(=C)CC)C1. The van der Waals surface area contributed by atoms with E-state index < -0.39 is 0 Å². The maximum atomic E-state index is 4.18. The second-order valence-electron chi connectivity index (χ2n) is 4.79. The van der Waals surface area contributed by atoms with E-state index in [4.69, 9.17) is 0 Å². The van der Waals surface area contributed by atoms with Gasteiger partial charge in [-0.3, -0.25) is 0 Å². The van der Waals surface area contributed by atoms with Crippen molar-refractivity contribution in [1.82, 2.24) is 4.81 Å². The van der Waals surface area contributed by atoms with Gasteiger partial charge in [0.05, 0.1) is 0 Å². The van der Waals surface area contributed by atoms with Gasteiger partial charge < -0.3 is 4.81 Å². The Morgan fingerprint density at radius 1 is 1.50 bits per heavy atom. The molecule has 0 aliphatic carbocycles. The number of rotatable bonds is 3. The molecule has 1 aliphatic heterocycles. The van der Waals surface area contributed by atoms with Crippen LogP contribution in [0.25, 0.3) is 5.57 Å². The normalized spacial score (nSPS) is 21.2. The van der Waals surface area contributed by atoms with Crippen LogP contribution >= 0.6 is 0 Å². The topological polar surface area (TPSA) is 3.24 Å². The third-order valence-electron chi connectivity index (χ3n) is 3.60. The van der Waals surface area contributed by atoms with Crippen LogP contribution in [-0.2, 0) is 0 Å². The maximum absolute atomic E-state index is 4.18. The van der Waals surface area contributed by atoms with Crippen LogP contribution in [0.3, 0.4) is 0 Å². The predicted molar refractivity (Wildman–Crippen MR) is 73.2 cm³/mol. The summed E-state index contributed by atoms with van der Waals surface area (Å²) in [5, 5.41) is 0. The van der Waals surface area contributed by atoms with Gasteiger partial charge in [-0.1, -0.05) is 37.8 Å². The highest BCUT2D eigenvalue weighted by Crippen LogP contribution is 2.32. The molecule has 1 fully saturated rings. The Hall–Kier alpha value is -1.02. The lowest BCUT2D eigenvalue weighted by atomic mass is 9.89. The molecule has 0 radical (unpaired) electrons. The van der Waals surface area contributed by atoms with E-state index in [0.29, 0.717) is 5.92 Å². The summed E-state index contributed by atoms with van der Waals surface area (Å²) >= 11 is 0. The molecule has 1 aromatic carbocycles. The van der Waals surface area contributed by atoms with Crippen molar-refractivity contribution in [2.75, 3.05) is 13.1 Å². The molecule has 0 saturated carbocycles. The van der Waals surface area contributed by atoms with E-state index in [1.807, 2.05) is 0 Å². The number of allylic oxidation sites excluding steroid dienone is 1. The van der Waals surface area contributed by atoms with E-state index in [-0.39, 0.29) is 0 Å². The Balaban J connectivity index is 2.29. The van der Waals surface area contributed by atoms with E-state index in [0.717, 1.165) is 6.42 Å². The predicted octanol–water partition coefficient (Wildman–Crippen LogP) is 2.45. The van der Waals surface area contributed by atoms with Crippen molar-refractivity contribution in [2.45, 2.75) is 25.7 Å². The van der Waals surface area contributed by atoms with Crippen molar-refractivity contribution < 1.29 is 0 Å². The zero-order chi connectivity index (χ0) is 11.5. The van der Waals surface area contributed by atoms with Crippen molar-refractivity contribution in [3.63, 3.8) is 0 Å². The van der Waals surface area contributed by atoms with Crippen molar-refractivity contribution in [1.29, 1.82) is 0 Å². The molecule has 0 amide bonds. The minimum absolute atomic E-state index is 0.699. The standard InChI is InChI=1S/C14H20BN/c1-3-11(2)13-6-4-5-7-14(13)12-8-9-16(15)10-12/h4-7,12H,2-3,8-10,15H2,1H3. The average Bonchev–Trinajstić information content (AvgIpc) is 2.75. The monoisotopic (exact) mass is 213 g/mol. The molecule has 1 aliphatic rings. The molecule has 1 saturated heterocycles. The van der Waals surface area contributed by atoms with Crippen molar-refractivity contribution in [2.24, 2.45) is 0 Å². The highest BCUT2D eigenvalue weighted by molar-refractivity contribution is 6.04. The summed E-state index contributed by atoms with van der Waals surface area (Å²) in [6.45, 7) is 8.77. The van der Waals surface area contributed by atoms with E-state index in [1.54, 1.807) is 0 Å². The first-order valence-electron chi connectivity index (χ1n) is 6.18. The molecular weight excluding hydrogens is 193 g/mol. The molecule has 0 N–H and O–H groups in total. The lowest BCUT2D eigenvalue weighted by Gasteiger charge is -2.16. The second-order valence-corrected chi connectivity index (χ2v) is 4.79. The molecule has 0 bridgehead atoms. The molecule has 1 aromatic rings. The molecule has 0 aromatic heterocycles. The van der Waals surface area contributed by atoms with Gasteiger partial charge in [0.2, 0.25) is 0 Å². The Morgan fingerprint density at radius 3 is 2.88 bits per heavy atom. The van der Waals surface area contributed by atoms with Gasteiger partial charge >= 0.3 is 0 Å². The molecule has 1 heterocycles. The molecule has 16 heavy (non-hydrogen) atoms. The van der Waals surface area contributed by atoms with Crippen LogP contribution in [0.2, 0.25) is 0 Å². The fourth-order valence-electron chi connectivity index (χ4n) is 2.55. The number of hydrogen-bond donors (Lipinski definition) is 0. The van der Waals surface area contributed by atoms with Crippen molar-refractivity contribution >= 4 is 13.6 Å². The Kier molecular flexibility index (Phi) is 3.50. The van der Waals surface area contributed by atoms with Gasteiger partial charge in [-0.2, -0.15) is 0 Å². The zero-order valence-corrected chi connectivity index (χ0v) is 10.4. The highest BCUT2D eigenvalue weighted by atomic mass is 15.0. The first-order chi connectivity index (χ1) is 7.72. The summed E-state index contributed by atoms with van der Waals surface area (Å²) in [5.41, 5.74) is 4.15. The Labute approximate surface area is 99.6 Å². The summed E-state index contributed by atoms with van der Waals surface area (Å²) < 4.78 is 0. The molecule has 1 unspecified atom stereocenters. The van der Waals surface area contributed by atoms with Crippen molar-refractivity contribution in [3.8, 4) is 0 Å². The van der Waals surface area contributed by atoms with Gasteiger partial charge in [0.1, 0.15) is 0 Å². The lowest BCUT2D eigenvalue weighted by Crippen LogP contribution is -2.15. The minimum Gasteiger partial charge on any atom is -0.348 e. The first-order valence-corrected chi connectivity index (χ1v) is 6.18. The van der Waals surface area contributed by atoms with Gasteiger partial charge in [0.25, 0.3) is 0 Å². The van der Waals surface area contributed by atoms with Crippen LogP contribution in [0.5, 0.6) is 0 Å². The van der Waals surface area contributed by atoms with E-state index in [2.05, 4.69) is 50.6 Å². The first kappa shape index (κ1) is 11.5. The van der Waals surface area contributed by atoms with Gasteiger partial charge in [0.15, 0.2) is 7.98 Å². The Morgan fingerprint density at radius 2 is 2.25 bits per heavy atom. The maximum Gasteiger partial charge on any atom is 0.185 e.